The highest BCUT2D eigenvalue weighted by atomic mass is 16.7. The molecule has 0 aliphatic carbocycles. The van der Waals surface area contributed by atoms with E-state index >= 15 is 0 Å². The Morgan fingerprint density at radius 2 is 1.90 bits per heavy atom. The monoisotopic (exact) mass is 412 g/mol. The molecule has 2 aromatic carbocycles. The Hall–Kier alpha value is -4.21. The lowest BCUT2D eigenvalue weighted by molar-refractivity contribution is -0.385. The van der Waals surface area contributed by atoms with Gasteiger partial charge in [-0.1, -0.05) is 12.1 Å². The number of ether oxygens (including phenoxy) is 3. The maximum atomic E-state index is 12.0. The third-order valence-electron chi connectivity index (χ3n) is 4.04. The van der Waals surface area contributed by atoms with Gasteiger partial charge < -0.3 is 19.5 Å². The summed E-state index contributed by atoms with van der Waals surface area (Å²) in [6.45, 7) is 0.716. The van der Waals surface area contributed by atoms with Crippen LogP contribution >= 0.6 is 0 Å². The number of nitrogens with one attached hydrogen (secondary N) is 1. The molecule has 1 aliphatic heterocycles. The molecule has 0 unspecified atom stereocenters. The molecule has 0 spiro atoms. The van der Waals surface area contributed by atoms with E-state index in [0.29, 0.717) is 17.0 Å². The van der Waals surface area contributed by atoms with Crippen LogP contribution in [0.5, 0.6) is 11.5 Å². The minimum absolute atomic E-state index is 0.0520. The molecule has 10 heteroatoms. The van der Waals surface area contributed by atoms with Gasteiger partial charge in [0, 0.05) is 11.6 Å². The van der Waals surface area contributed by atoms with Crippen molar-refractivity contribution >= 4 is 35.1 Å². The maximum Gasteiger partial charge on any atom is 0.331 e. The molecule has 0 aromatic heterocycles. The molecule has 1 N–H and O–H groups in total. The number of ketones is 1. The average Bonchev–Trinajstić information content (AvgIpc) is 3.17. The second-order valence-electron chi connectivity index (χ2n) is 6.11. The van der Waals surface area contributed by atoms with Crippen molar-refractivity contribution < 1.29 is 33.5 Å². The van der Waals surface area contributed by atoms with Gasteiger partial charge >= 0.3 is 5.97 Å². The molecule has 10 nitrogen and oxygen atoms in total. The number of esters is 1. The molecule has 154 valence electrons. The largest absolute Gasteiger partial charge is 0.454 e. The minimum atomic E-state index is -0.878. The lowest BCUT2D eigenvalue weighted by Crippen LogP contribution is -2.21. The van der Waals surface area contributed by atoms with E-state index in [2.05, 4.69) is 5.32 Å². The number of rotatable bonds is 7. The fraction of sp³-hybridized carbons (Fsp3) is 0.150. The second-order valence-corrected chi connectivity index (χ2v) is 6.11. The van der Waals surface area contributed by atoms with Crippen LogP contribution in [0.3, 0.4) is 0 Å². The van der Waals surface area contributed by atoms with E-state index in [0.717, 1.165) is 6.08 Å². The van der Waals surface area contributed by atoms with Gasteiger partial charge in [-0.05, 0) is 31.2 Å². The standard InChI is InChI=1S/C20H16N2O8/c1-12(23)14-4-2-3-5-15(14)21-19(24)10-28-20(25)7-6-13-8-17-18(30-11-29-17)9-16(13)22(26)27/h2-9H,10-11H2,1H3,(H,21,24)/b7-6+. The Bertz CT molecular complexity index is 1060. The molecule has 1 heterocycles. The first-order chi connectivity index (χ1) is 14.3. The first-order valence-corrected chi connectivity index (χ1v) is 8.68. The molecule has 0 radical (unpaired) electrons. The number of benzene rings is 2. The van der Waals surface area contributed by atoms with Gasteiger partial charge in [-0.3, -0.25) is 19.7 Å². The van der Waals surface area contributed by atoms with Crippen LogP contribution in [0.25, 0.3) is 6.08 Å². The van der Waals surface area contributed by atoms with E-state index in [-0.39, 0.29) is 29.6 Å². The number of hydrogen-bond donors (Lipinski definition) is 1. The first-order valence-electron chi connectivity index (χ1n) is 8.68. The summed E-state index contributed by atoms with van der Waals surface area (Å²) in [5.74, 6) is -1.19. The molecular weight excluding hydrogens is 396 g/mol. The summed E-state index contributed by atoms with van der Waals surface area (Å²) in [7, 11) is 0. The molecular formula is C20H16N2O8. The fourth-order valence-electron chi connectivity index (χ4n) is 2.67. The highest BCUT2D eigenvalue weighted by molar-refractivity contribution is 6.04. The van der Waals surface area contributed by atoms with Gasteiger partial charge in [0.15, 0.2) is 23.9 Å². The molecule has 1 amide bonds. The summed E-state index contributed by atoms with van der Waals surface area (Å²) < 4.78 is 15.1. The number of para-hydroxylation sites is 1. The van der Waals surface area contributed by atoms with Crippen molar-refractivity contribution in [2.24, 2.45) is 0 Å². The molecule has 0 bridgehead atoms. The number of nitrogens with zero attached hydrogens (tertiary/aromatic N) is 1. The molecule has 3 rings (SSSR count). The van der Waals surface area contributed by atoms with Crippen molar-refractivity contribution in [2.45, 2.75) is 6.92 Å². The van der Waals surface area contributed by atoms with Gasteiger partial charge in [-0.2, -0.15) is 0 Å². The van der Waals surface area contributed by atoms with E-state index in [1.54, 1.807) is 24.3 Å². The molecule has 0 saturated heterocycles. The van der Waals surface area contributed by atoms with Crippen LogP contribution in [0.15, 0.2) is 42.5 Å². The summed E-state index contributed by atoms with van der Waals surface area (Å²) in [6, 6.07) is 8.99. The fourth-order valence-corrected chi connectivity index (χ4v) is 2.67. The lowest BCUT2D eigenvalue weighted by atomic mass is 10.1. The zero-order chi connectivity index (χ0) is 21.7. The number of Topliss-reactive ketones (excluding diaryl/α,β-unsaturated/α-hetero) is 1. The number of nitro benzene ring substituents is 1. The van der Waals surface area contributed by atoms with Crippen LogP contribution in [0.1, 0.15) is 22.8 Å². The summed E-state index contributed by atoms with van der Waals surface area (Å²) >= 11 is 0. The zero-order valence-electron chi connectivity index (χ0n) is 15.7. The zero-order valence-corrected chi connectivity index (χ0v) is 15.7. The maximum absolute atomic E-state index is 12.0. The van der Waals surface area contributed by atoms with Crippen molar-refractivity contribution in [2.75, 3.05) is 18.7 Å². The van der Waals surface area contributed by atoms with Gasteiger partial charge in [0.25, 0.3) is 11.6 Å². The Balaban J connectivity index is 1.61. The number of anilines is 1. The number of carbonyl (C=O) groups excluding carboxylic acids is 3. The minimum Gasteiger partial charge on any atom is -0.454 e. The SMILES string of the molecule is CC(=O)c1ccccc1NC(=O)COC(=O)/C=C/c1cc2c(cc1[N+](=O)[O-])OCO2. The Morgan fingerprint density at radius 1 is 1.20 bits per heavy atom. The Morgan fingerprint density at radius 3 is 2.60 bits per heavy atom. The molecule has 2 aromatic rings. The molecule has 1 aliphatic rings. The van der Waals surface area contributed by atoms with Crippen molar-refractivity contribution in [3.8, 4) is 11.5 Å². The molecule has 0 saturated carbocycles. The highest BCUT2D eigenvalue weighted by Crippen LogP contribution is 2.38. The average molecular weight is 412 g/mol. The Labute approximate surface area is 170 Å². The van der Waals surface area contributed by atoms with Crippen LogP contribution < -0.4 is 14.8 Å². The van der Waals surface area contributed by atoms with Crippen molar-refractivity contribution in [3.05, 3.63) is 63.7 Å². The molecule has 0 atom stereocenters. The third kappa shape index (κ3) is 4.79. The molecule has 30 heavy (non-hydrogen) atoms. The number of carbonyl (C=O) groups is 3. The Kier molecular flexibility index (Phi) is 6.06. The van der Waals surface area contributed by atoms with Crippen LogP contribution in [0, 0.1) is 10.1 Å². The van der Waals surface area contributed by atoms with E-state index in [1.165, 1.54) is 25.1 Å². The number of amides is 1. The van der Waals surface area contributed by atoms with E-state index in [4.69, 9.17) is 14.2 Å². The van der Waals surface area contributed by atoms with Crippen molar-refractivity contribution in [1.29, 1.82) is 0 Å². The van der Waals surface area contributed by atoms with Gasteiger partial charge in [0.2, 0.25) is 6.79 Å². The topological polar surface area (TPSA) is 134 Å². The predicted molar refractivity (Wildman–Crippen MR) is 104 cm³/mol. The van der Waals surface area contributed by atoms with Gasteiger partial charge in [0.1, 0.15) is 0 Å². The van der Waals surface area contributed by atoms with Crippen LogP contribution in [0.2, 0.25) is 0 Å². The lowest BCUT2D eigenvalue weighted by Gasteiger charge is -2.08. The normalized spacial score (nSPS) is 11.9. The van der Waals surface area contributed by atoms with Gasteiger partial charge in [0.05, 0.1) is 22.2 Å². The van der Waals surface area contributed by atoms with E-state index < -0.39 is 23.4 Å². The van der Waals surface area contributed by atoms with E-state index in [1.807, 2.05) is 0 Å². The second kappa shape index (κ2) is 8.86. The number of nitro groups is 1. The van der Waals surface area contributed by atoms with Gasteiger partial charge in [-0.15, -0.1) is 0 Å². The molecule has 0 fully saturated rings. The highest BCUT2D eigenvalue weighted by Gasteiger charge is 2.22. The first kappa shape index (κ1) is 20.5. The number of hydrogen-bond acceptors (Lipinski definition) is 8. The van der Waals surface area contributed by atoms with Gasteiger partial charge in [-0.25, -0.2) is 4.79 Å². The summed E-state index contributed by atoms with van der Waals surface area (Å²) in [5.41, 5.74) is 0.465. The van der Waals surface area contributed by atoms with Crippen molar-refractivity contribution in [3.63, 3.8) is 0 Å². The third-order valence-corrected chi connectivity index (χ3v) is 4.04. The van der Waals surface area contributed by atoms with E-state index in [9.17, 15) is 24.5 Å². The van der Waals surface area contributed by atoms with Crippen LogP contribution in [0.4, 0.5) is 11.4 Å². The van der Waals surface area contributed by atoms with Crippen LogP contribution in [-0.4, -0.2) is 36.0 Å². The quantitative estimate of drug-likeness (QED) is 0.241. The summed E-state index contributed by atoms with van der Waals surface area (Å²) in [6.07, 6.45) is 2.15. The number of fused-ring (bicyclic) bond motifs is 1. The summed E-state index contributed by atoms with van der Waals surface area (Å²) in [5, 5.41) is 13.7. The smallest absolute Gasteiger partial charge is 0.331 e. The summed E-state index contributed by atoms with van der Waals surface area (Å²) in [4.78, 5) is 46.1. The van der Waals surface area contributed by atoms with Crippen LogP contribution in [-0.2, 0) is 14.3 Å². The van der Waals surface area contributed by atoms with Crippen molar-refractivity contribution in [1.82, 2.24) is 0 Å². The predicted octanol–water partition coefficient (Wildman–Crippen LogP) is 2.72.